The molecule has 0 radical (unpaired) electrons. The van der Waals surface area contributed by atoms with Crippen LogP contribution >= 0.6 is 0 Å². The van der Waals surface area contributed by atoms with E-state index in [0.29, 0.717) is 11.3 Å². The highest BCUT2D eigenvalue weighted by molar-refractivity contribution is 7.97. The molecule has 41 heavy (non-hydrogen) atoms. The van der Waals surface area contributed by atoms with Crippen LogP contribution in [0.1, 0.15) is 19.4 Å². The molecule has 9 heteroatoms. The largest absolute Gasteiger partial charge is 0.573 e. The standard InChI is InChI=1S/C32H25F4O4S/c1-31(2,21-20-23-8-12-26(13-9-23)39-32(34,35)36)40-30(37)22-38-25-14-18-29(19-15-25)41(27-6-4-3-5-7-27)28-16-10-24(33)11-17-28/h3-19H,22H2,1-2H3/q+1. The van der Waals surface area contributed by atoms with Gasteiger partial charge < -0.3 is 14.2 Å². The molecule has 4 aromatic carbocycles. The molecule has 1 unspecified atom stereocenters. The monoisotopic (exact) mass is 581 g/mol. The van der Waals surface area contributed by atoms with E-state index in [-0.39, 0.29) is 18.2 Å². The minimum Gasteiger partial charge on any atom is -0.482 e. The van der Waals surface area contributed by atoms with Gasteiger partial charge in [0.05, 0.1) is 10.9 Å². The second kappa shape index (κ2) is 12.8. The highest BCUT2D eigenvalue weighted by Crippen LogP contribution is 2.32. The molecule has 1 atom stereocenters. The van der Waals surface area contributed by atoms with Gasteiger partial charge in [0.15, 0.2) is 26.9 Å². The number of halogens is 4. The third-order valence-electron chi connectivity index (χ3n) is 5.41. The number of ether oxygens (including phenoxy) is 3. The van der Waals surface area contributed by atoms with Crippen molar-refractivity contribution in [3.05, 3.63) is 115 Å². The third-order valence-corrected chi connectivity index (χ3v) is 7.64. The molecule has 4 aromatic rings. The van der Waals surface area contributed by atoms with E-state index >= 15 is 0 Å². The molecule has 0 fully saturated rings. The van der Waals surface area contributed by atoms with Gasteiger partial charge in [-0.1, -0.05) is 30.0 Å². The maximum atomic E-state index is 13.5. The Labute approximate surface area is 238 Å². The molecule has 0 amide bonds. The van der Waals surface area contributed by atoms with Gasteiger partial charge in [-0.15, -0.1) is 13.2 Å². The maximum absolute atomic E-state index is 13.5. The number of alkyl halides is 3. The average Bonchev–Trinajstić information content (AvgIpc) is 2.93. The Morgan fingerprint density at radius 3 is 1.88 bits per heavy atom. The fourth-order valence-electron chi connectivity index (χ4n) is 3.65. The van der Waals surface area contributed by atoms with Crippen LogP contribution in [0, 0.1) is 17.7 Å². The minimum atomic E-state index is -4.78. The van der Waals surface area contributed by atoms with Crippen LogP contribution < -0.4 is 9.47 Å². The minimum absolute atomic E-state index is 0.302. The lowest BCUT2D eigenvalue weighted by Gasteiger charge is -2.19. The third kappa shape index (κ3) is 9.05. The summed E-state index contributed by atoms with van der Waals surface area (Å²) in [5, 5.41) is 0. The first-order valence-corrected chi connectivity index (χ1v) is 13.6. The Hall–Kier alpha value is -4.42. The van der Waals surface area contributed by atoms with Gasteiger partial charge in [0.2, 0.25) is 0 Å². The zero-order chi connectivity index (χ0) is 29.5. The van der Waals surface area contributed by atoms with E-state index in [1.807, 2.05) is 42.5 Å². The van der Waals surface area contributed by atoms with Gasteiger partial charge in [0.25, 0.3) is 0 Å². The Balaban J connectivity index is 1.36. The number of rotatable bonds is 8. The van der Waals surface area contributed by atoms with Crippen molar-refractivity contribution in [1.29, 1.82) is 0 Å². The van der Waals surface area contributed by atoms with Crippen LogP contribution in [0.2, 0.25) is 0 Å². The van der Waals surface area contributed by atoms with Crippen LogP contribution in [0.3, 0.4) is 0 Å². The van der Waals surface area contributed by atoms with Crippen molar-refractivity contribution in [3.63, 3.8) is 0 Å². The highest BCUT2D eigenvalue weighted by atomic mass is 32.2. The normalized spacial score (nSPS) is 12.0. The van der Waals surface area contributed by atoms with Gasteiger partial charge in [0, 0.05) is 5.56 Å². The summed E-state index contributed by atoms with van der Waals surface area (Å²) in [4.78, 5) is 15.5. The number of hydrogen-bond donors (Lipinski definition) is 0. The lowest BCUT2D eigenvalue weighted by molar-refractivity contribution is -0.274. The molecule has 4 rings (SSSR count). The predicted octanol–water partition coefficient (Wildman–Crippen LogP) is 7.57. The Kier molecular flexibility index (Phi) is 9.25. The molecule has 0 saturated heterocycles. The van der Waals surface area contributed by atoms with Crippen molar-refractivity contribution in [1.82, 2.24) is 0 Å². The van der Waals surface area contributed by atoms with Gasteiger partial charge >= 0.3 is 12.3 Å². The van der Waals surface area contributed by atoms with Crippen LogP contribution in [0.25, 0.3) is 0 Å². The molecule has 0 bridgehead atoms. The summed E-state index contributed by atoms with van der Waals surface area (Å²) in [6.07, 6.45) is -4.78. The maximum Gasteiger partial charge on any atom is 0.573 e. The molecule has 0 aliphatic heterocycles. The topological polar surface area (TPSA) is 44.8 Å². The van der Waals surface area contributed by atoms with Gasteiger partial charge in [-0.05, 0) is 98.8 Å². The van der Waals surface area contributed by atoms with Gasteiger partial charge in [-0.2, -0.15) is 0 Å². The van der Waals surface area contributed by atoms with E-state index in [9.17, 15) is 22.4 Å². The summed E-state index contributed by atoms with van der Waals surface area (Å²) in [5.74, 6) is 4.73. The zero-order valence-electron chi connectivity index (χ0n) is 22.1. The van der Waals surface area contributed by atoms with Crippen molar-refractivity contribution < 1.29 is 36.6 Å². The molecule has 0 spiro atoms. The van der Waals surface area contributed by atoms with E-state index in [0.717, 1.165) is 26.8 Å². The summed E-state index contributed by atoms with van der Waals surface area (Å²) in [6.45, 7) is 2.83. The highest BCUT2D eigenvalue weighted by Gasteiger charge is 2.31. The molecular weight excluding hydrogens is 556 g/mol. The lowest BCUT2D eigenvalue weighted by Crippen LogP contribution is -2.29. The Morgan fingerprint density at radius 1 is 0.756 bits per heavy atom. The molecular formula is C32H25F4O4S+. The smallest absolute Gasteiger partial charge is 0.482 e. The number of hydrogen-bond acceptors (Lipinski definition) is 4. The number of carbonyl (C=O) groups is 1. The van der Waals surface area contributed by atoms with E-state index in [2.05, 4.69) is 16.6 Å². The number of benzene rings is 4. The molecule has 0 N–H and O–H groups in total. The summed E-state index contributed by atoms with van der Waals surface area (Å²) in [5.41, 5.74) is -0.750. The molecule has 210 valence electrons. The molecule has 0 heterocycles. The lowest BCUT2D eigenvalue weighted by atomic mass is 10.1. The van der Waals surface area contributed by atoms with Crippen LogP contribution in [-0.4, -0.2) is 24.5 Å². The van der Waals surface area contributed by atoms with Gasteiger partial charge in [-0.3, -0.25) is 0 Å². The van der Waals surface area contributed by atoms with Crippen molar-refractivity contribution in [3.8, 4) is 23.3 Å². The number of esters is 1. The molecule has 4 nitrogen and oxygen atoms in total. The fourth-order valence-corrected chi connectivity index (χ4v) is 5.71. The van der Waals surface area contributed by atoms with Crippen LogP contribution in [0.5, 0.6) is 11.5 Å². The van der Waals surface area contributed by atoms with E-state index < -0.39 is 28.8 Å². The summed E-state index contributed by atoms with van der Waals surface area (Å²) in [6, 6.07) is 28.7. The van der Waals surface area contributed by atoms with Crippen molar-refractivity contribution in [2.75, 3.05) is 6.61 Å². The van der Waals surface area contributed by atoms with E-state index in [4.69, 9.17) is 9.47 Å². The van der Waals surface area contributed by atoms with Gasteiger partial charge in [0.1, 0.15) is 17.3 Å². The van der Waals surface area contributed by atoms with Crippen LogP contribution in [-0.2, 0) is 20.4 Å². The zero-order valence-corrected chi connectivity index (χ0v) is 22.9. The van der Waals surface area contributed by atoms with Crippen molar-refractivity contribution in [2.45, 2.75) is 40.5 Å². The summed E-state index contributed by atoms with van der Waals surface area (Å²) < 4.78 is 65.3. The first-order valence-electron chi connectivity index (χ1n) is 12.4. The summed E-state index contributed by atoms with van der Waals surface area (Å²) in [7, 11) is -0.468. The van der Waals surface area contributed by atoms with Crippen molar-refractivity contribution in [2.24, 2.45) is 0 Å². The quantitative estimate of drug-likeness (QED) is 0.0932. The molecule has 0 saturated carbocycles. The molecule has 0 aliphatic carbocycles. The Bertz CT molecular complexity index is 1510. The number of carbonyl (C=O) groups excluding carboxylic acids is 1. The first-order chi connectivity index (χ1) is 19.5. The SMILES string of the molecule is CC(C)(C#Cc1ccc(OC(F)(F)F)cc1)OC(=O)COc1ccc([S+](c2ccccc2)c2ccc(F)cc2)cc1. The Morgan fingerprint density at radius 2 is 1.29 bits per heavy atom. The first kappa shape index (κ1) is 29.6. The summed E-state index contributed by atoms with van der Waals surface area (Å²) >= 11 is 0. The molecule has 0 aliphatic rings. The predicted molar refractivity (Wildman–Crippen MR) is 147 cm³/mol. The molecule has 0 aromatic heterocycles. The van der Waals surface area contributed by atoms with Gasteiger partial charge in [-0.25, -0.2) is 9.18 Å². The van der Waals surface area contributed by atoms with E-state index in [1.165, 1.54) is 24.3 Å². The van der Waals surface area contributed by atoms with E-state index in [1.54, 1.807) is 38.1 Å². The fraction of sp³-hybridized carbons (Fsp3) is 0.156. The van der Waals surface area contributed by atoms with Crippen LogP contribution in [0.4, 0.5) is 17.6 Å². The van der Waals surface area contributed by atoms with Crippen molar-refractivity contribution >= 4 is 16.9 Å². The average molecular weight is 582 g/mol. The van der Waals surface area contributed by atoms with Crippen LogP contribution in [0.15, 0.2) is 118 Å². The second-order valence-electron chi connectivity index (χ2n) is 9.14. The second-order valence-corrected chi connectivity index (χ2v) is 11.2.